The Morgan fingerprint density at radius 3 is 2.23 bits per heavy atom. The fourth-order valence-electron chi connectivity index (χ4n) is 3.62. The first-order valence-corrected chi connectivity index (χ1v) is 10.2. The minimum Gasteiger partial charge on any atom is -0.322 e. The molecule has 0 aliphatic rings. The quantitative estimate of drug-likeness (QED) is 0.384. The van der Waals surface area contributed by atoms with Crippen molar-refractivity contribution in [2.45, 2.75) is 20.8 Å². The molecule has 0 atom stereocenters. The largest absolute Gasteiger partial charge is 0.322 e. The summed E-state index contributed by atoms with van der Waals surface area (Å²) >= 11 is 6.52. The van der Waals surface area contributed by atoms with E-state index in [0.717, 1.165) is 33.9 Å². The lowest BCUT2D eigenvalue weighted by Gasteiger charge is -2.14. The van der Waals surface area contributed by atoms with Crippen molar-refractivity contribution in [3.05, 3.63) is 106 Å². The molecule has 1 N–H and O–H groups in total. The first kappa shape index (κ1) is 20.0. The number of carbonyl (C=O) groups is 1. The van der Waals surface area contributed by atoms with Gasteiger partial charge in [0.1, 0.15) is 0 Å². The highest BCUT2D eigenvalue weighted by molar-refractivity contribution is 6.32. The molecule has 3 aromatic carbocycles. The molecule has 150 valence electrons. The van der Waals surface area contributed by atoms with Gasteiger partial charge >= 0.3 is 0 Å². The fraction of sp³-hybridized carbons (Fsp3) is 0.115. The van der Waals surface area contributed by atoms with Gasteiger partial charge in [-0.3, -0.25) is 4.79 Å². The Hall–Kier alpha value is -3.30. The number of amides is 1. The monoisotopic (exact) mass is 414 g/mol. The van der Waals surface area contributed by atoms with E-state index in [-0.39, 0.29) is 5.91 Å². The molecule has 4 rings (SSSR count). The van der Waals surface area contributed by atoms with Crippen molar-refractivity contribution in [1.29, 1.82) is 0 Å². The molecule has 30 heavy (non-hydrogen) atoms. The molecule has 1 heterocycles. The van der Waals surface area contributed by atoms with Crippen LogP contribution in [-0.4, -0.2) is 10.5 Å². The molecule has 0 aliphatic carbocycles. The summed E-state index contributed by atoms with van der Waals surface area (Å²) < 4.78 is 2.05. The van der Waals surface area contributed by atoms with Crippen molar-refractivity contribution in [3.8, 4) is 16.9 Å². The lowest BCUT2D eigenvalue weighted by Crippen LogP contribution is -2.13. The smallest absolute Gasteiger partial charge is 0.257 e. The molecule has 0 saturated heterocycles. The molecule has 0 unspecified atom stereocenters. The van der Waals surface area contributed by atoms with E-state index in [1.165, 1.54) is 5.56 Å². The van der Waals surface area contributed by atoms with Crippen molar-refractivity contribution in [3.63, 3.8) is 0 Å². The van der Waals surface area contributed by atoms with Crippen LogP contribution in [0.5, 0.6) is 0 Å². The molecule has 0 bridgehead atoms. The van der Waals surface area contributed by atoms with Gasteiger partial charge in [0, 0.05) is 11.4 Å². The molecule has 1 amide bonds. The van der Waals surface area contributed by atoms with Crippen molar-refractivity contribution < 1.29 is 4.79 Å². The minimum absolute atomic E-state index is 0.140. The Balaban J connectivity index is 1.82. The number of hydrogen-bond acceptors (Lipinski definition) is 1. The maximum Gasteiger partial charge on any atom is 0.257 e. The van der Waals surface area contributed by atoms with Crippen LogP contribution in [0.4, 0.5) is 5.69 Å². The molecule has 4 heteroatoms. The first-order chi connectivity index (χ1) is 14.5. The SMILES string of the molecule is Cc1ccc(NC(=O)c2cc(-c3ccccc3)n(-c3ccccc3Cl)c2C)cc1C. The highest BCUT2D eigenvalue weighted by Crippen LogP contribution is 2.32. The molecule has 0 aliphatic heterocycles. The number of benzene rings is 3. The van der Waals surface area contributed by atoms with Crippen LogP contribution in [0.1, 0.15) is 27.2 Å². The van der Waals surface area contributed by atoms with Crippen LogP contribution < -0.4 is 5.32 Å². The van der Waals surface area contributed by atoms with Crippen LogP contribution >= 0.6 is 11.6 Å². The van der Waals surface area contributed by atoms with E-state index >= 15 is 0 Å². The maximum absolute atomic E-state index is 13.2. The highest BCUT2D eigenvalue weighted by Gasteiger charge is 2.21. The number of hydrogen-bond donors (Lipinski definition) is 1. The normalized spacial score (nSPS) is 10.8. The van der Waals surface area contributed by atoms with Crippen molar-refractivity contribution in [1.82, 2.24) is 4.57 Å². The van der Waals surface area contributed by atoms with Gasteiger partial charge in [0.15, 0.2) is 0 Å². The van der Waals surface area contributed by atoms with Gasteiger partial charge in [0.2, 0.25) is 0 Å². The van der Waals surface area contributed by atoms with Gasteiger partial charge in [-0.25, -0.2) is 0 Å². The number of aromatic nitrogens is 1. The van der Waals surface area contributed by atoms with E-state index < -0.39 is 0 Å². The summed E-state index contributed by atoms with van der Waals surface area (Å²) in [6, 6.07) is 25.6. The third-order valence-corrected chi connectivity index (χ3v) is 5.74. The predicted octanol–water partition coefficient (Wildman–Crippen LogP) is 6.98. The average Bonchev–Trinajstić information content (AvgIpc) is 3.09. The summed E-state index contributed by atoms with van der Waals surface area (Å²) in [5, 5.41) is 3.67. The number of nitrogens with zero attached hydrogens (tertiary/aromatic N) is 1. The number of halogens is 1. The van der Waals surface area contributed by atoms with E-state index in [9.17, 15) is 4.79 Å². The molecule has 1 aromatic heterocycles. The standard InChI is InChI=1S/C26H23ClN2O/c1-17-13-14-21(15-18(17)2)28-26(30)22-16-25(20-9-5-4-6-10-20)29(19(22)3)24-12-8-7-11-23(24)27/h4-16H,1-3H3,(H,28,30). The van der Waals surface area contributed by atoms with Gasteiger partial charge in [-0.2, -0.15) is 0 Å². The average molecular weight is 415 g/mol. The topological polar surface area (TPSA) is 34.0 Å². The summed E-state index contributed by atoms with van der Waals surface area (Å²) in [6.45, 7) is 6.05. The number of nitrogens with one attached hydrogen (secondary N) is 1. The van der Waals surface area contributed by atoms with E-state index in [1.54, 1.807) is 0 Å². The van der Waals surface area contributed by atoms with Crippen molar-refractivity contribution in [2.75, 3.05) is 5.32 Å². The maximum atomic E-state index is 13.2. The van der Waals surface area contributed by atoms with E-state index in [4.69, 9.17) is 11.6 Å². The van der Waals surface area contributed by atoms with Gasteiger partial charge in [0.05, 0.1) is 22.0 Å². The first-order valence-electron chi connectivity index (χ1n) is 9.87. The van der Waals surface area contributed by atoms with Gasteiger partial charge in [0.25, 0.3) is 5.91 Å². The van der Waals surface area contributed by atoms with Crippen molar-refractivity contribution >= 4 is 23.2 Å². The Kier molecular flexibility index (Phi) is 5.47. The summed E-state index contributed by atoms with van der Waals surface area (Å²) in [6.07, 6.45) is 0. The van der Waals surface area contributed by atoms with Crippen LogP contribution in [0.3, 0.4) is 0 Å². The third kappa shape index (κ3) is 3.77. The molecule has 0 fully saturated rings. The zero-order chi connectivity index (χ0) is 21.3. The molecule has 3 nitrogen and oxygen atoms in total. The van der Waals surface area contributed by atoms with Gasteiger partial charge in [-0.1, -0.05) is 60.1 Å². The Labute approximate surface area is 181 Å². The second kappa shape index (κ2) is 8.21. The molecule has 0 spiro atoms. The minimum atomic E-state index is -0.140. The third-order valence-electron chi connectivity index (χ3n) is 5.42. The number of anilines is 1. The van der Waals surface area contributed by atoms with Crippen molar-refractivity contribution in [2.24, 2.45) is 0 Å². The van der Waals surface area contributed by atoms with Crippen LogP contribution in [0, 0.1) is 20.8 Å². The van der Waals surface area contributed by atoms with E-state index in [2.05, 4.69) is 12.2 Å². The number of aryl methyl sites for hydroxylation is 2. The molecule has 0 radical (unpaired) electrons. The Morgan fingerprint density at radius 1 is 0.833 bits per heavy atom. The number of para-hydroxylation sites is 1. The van der Waals surface area contributed by atoms with Gasteiger partial charge in [-0.15, -0.1) is 0 Å². The second-order valence-corrected chi connectivity index (χ2v) is 7.84. The number of rotatable bonds is 4. The lowest BCUT2D eigenvalue weighted by molar-refractivity contribution is 0.102. The van der Waals surface area contributed by atoms with Crippen LogP contribution in [0.2, 0.25) is 5.02 Å². The van der Waals surface area contributed by atoms with Crippen LogP contribution in [-0.2, 0) is 0 Å². The summed E-state index contributed by atoms with van der Waals surface area (Å²) in [7, 11) is 0. The van der Waals surface area contributed by atoms with E-state index in [1.807, 2.05) is 97.3 Å². The van der Waals surface area contributed by atoms with Gasteiger partial charge < -0.3 is 9.88 Å². The second-order valence-electron chi connectivity index (χ2n) is 7.43. The molecular formula is C26H23ClN2O. The summed E-state index contributed by atoms with van der Waals surface area (Å²) in [5.74, 6) is -0.140. The van der Waals surface area contributed by atoms with Crippen LogP contribution in [0.15, 0.2) is 78.9 Å². The predicted molar refractivity (Wildman–Crippen MR) is 125 cm³/mol. The molecule has 0 saturated carbocycles. The summed E-state index contributed by atoms with van der Waals surface area (Å²) in [4.78, 5) is 13.2. The molecular weight excluding hydrogens is 392 g/mol. The van der Waals surface area contributed by atoms with Crippen LogP contribution in [0.25, 0.3) is 16.9 Å². The lowest BCUT2D eigenvalue weighted by atomic mass is 10.1. The van der Waals surface area contributed by atoms with E-state index in [0.29, 0.717) is 10.6 Å². The summed E-state index contributed by atoms with van der Waals surface area (Å²) in [5.41, 5.74) is 7.37. The Bertz CT molecular complexity index is 1230. The zero-order valence-electron chi connectivity index (χ0n) is 17.2. The fourth-order valence-corrected chi connectivity index (χ4v) is 3.84. The highest BCUT2D eigenvalue weighted by atomic mass is 35.5. The zero-order valence-corrected chi connectivity index (χ0v) is 18.0. The number of carbonyl (C=O) groups excluding carboxylic acids is 1. The Morgan fingerprint density at radius 2 is 1.53 bits per heavy atom. The van der Waals surface area contributed by atoms with Gasteiger partial charge in [-0.05, 0) is 67.8 Å². The molecule has 4 aromatic rings.